The van der Waals surface area contributed by atoms with Crippen LogP contribution in [0.25, 0.3) is 0 Å². The van der Waals surface area contributed by atoms with Gasteiger partial charge in [0.2, 0.25) is 0 Å². The largest absolute Gasteiger partial charge is 0.302 e. The van der Waals surface area contributed by atoms with Crippen molar-refractivity contribution >= 4 is 0 Å². The van der Waals surface area contributed by atoms with Crippen LogP contribution in [0, 0.1) is 5.41 Å². The fourth-order valence-electron chi connectivity index (χ4n) is 1.82. The topological polar surface area (TPSA) is 12.5 Å². The van der Waals surface area contributed by atoms with Crippen LogP contribution in [0.15, 0.2) is 0 Å². The van der Waals surface area contributed by atoms with Gasteiger partial charge in [-0.3, -0.25) is 0 Å². The molecule has 0 aromatic heterocycles. The normalized spacial score (nSPS) is 31.7. The van der Waals surface area contributed by atoms with Crippen molar-refractivity contribution in [3.63, 3.8) is 0 Å². The van der Waals surface area contributed by atoms with E-state index < -0.39 is 0 Å². The molecule has 2 rings (SSSR count). The Morgan fingerprint density at radius 1 is 1.33 bits per heavy atom. The van der Waals surface area contributed by atoms with E-state index in [1.165, 1.54) is 32.4 Å². The van der Waals surface area contributed by atoms with Crippen LogP contribution >= 0.6 is 0 Å². The molecule has 0 aromatic carbocycles. The van der Waals surface area contributed by atoms with Crippen molar-refractivity contribution in [2.75, 3.05) is 20.2 Å². The highest BCUT2D eigenvalue weighted by Crippen LogP contribution is 2.47. The van der Waals surface area contributed by atoms with Crippen LogP contribution < -0.4 is 0 Å². The number of hydrogen-bond acceptors (Lipinski definition) is 2. The van der Waals surface area contributed by atoms with Gasteiger partial charge in [-0.05, 0) is 12.8 Å². The Hall–Kier alpha value is -0.0800. The highest BCUT2D eigenvalue weighted by atomic mass is 16.7. The van der Waals surface area contributed by atoms with E-state index in [4.69, 9.17) is 4.84 Å². The van der Waals surface area contributed by atoms with Crippen LogP contribution in [0.2, 0.25) is 0 Å². The smallest absolute Gasteiger partial charge is 0.0575 e. The van der Waals surface area contributed by atoms with Gasteiger partial charge in [-0.15, -0.1) is 0 Å². The summed E-state index contributed by atoms with van der Waals surface area (Å²) in [6, 6.07) is 0. The van der Waals surface area contributed by atoms with E-state index in [-0.39, 0.29) is 0 Å². The Morgan fingerprint density at radius 2 is 2.00 bits per heavy atom. The molecule has 1 aliphatic carbocycles. The minimum Gasteiger partial charge on any atom is -0.302 e. The monoisotopic (exact) mass is 127 g/mol. The first-order valence-corrected chi connectivity index (χ1v) is 3.64. The molecule has 52 valence electrons. The van der Waals surface area contributed by atoms with Crippen molar-refractivity contribution in [3.05, 3.63) is 0 Å². The molecule has 1 aliphatic heterocycles. The van der Waals surface area contributed by atoms with Crippen LogP contribution in [0.4, 0.5) is 0 Å². The summed E-state index contributed by atoms with van der Waals surface area (Å²) in [6.45, 7) is 2.37. The van der Waals surface area contributed by atoms with E-state index in [2.05, 4.69) is 0 Å². The third-order valence-electron chi connectivity index (χ3n) is 2.70. The number of rotatable bonds is 1. The zero-order chi connectivity index (χ0) is 6.32. The minimum atomic E-state index is 0.718. The van der Waals surface area contributed by atoms with Gasteiger partial charge in [0.05, 0.1) is 7.11 Å². The van der Waals surface area contributed by atoms with Crippen LogP contribution in [-0.4, -0.2) is 25.3 Å². The molecule has 0 bridgehead atoms. The lowest BCUT2D eigenvalue weighted by atomic mass is 9.64. The summed E-state index contributed by atoms with van der Waals surface area (Å²) in [4.78, 5) is 5.05. The summed E-state index contributed by atoms with van der Waals surface area (Å²) in [5.41, 5.74) is 0.718. The van der Waals surface area contributed by atoms with Gasteiger partial charge in [0.25, 0.3) is 0 Å². The molecule has 0 atom stereocenters. The van der Waals surface area contributed by atoms with Crippen molar-refractivity contribution in [3.8, 4) is 0 Å². The minimum absolute atomic E-state index is 0.718. The number of hydroxylamine groups is 2. The molecule has 0 unspecified atom stereocenters. The third-order valence-corrected chi connectivity index (χ3v) is 2.70. The molecular weight excluding hydrogens is 114 g/mol. The number of nitrogens with zero attached hydrogens (tertiary/aromatic N) is 1. The van der Waals surface area contributed by atoms with Gasteiger partial charge in [-0.2, -0.15) is 5.06 Å². The molecule has 2 fully saturated rings. The van der Waals surface area contributed by atoms with Crippen LogP contribution in [0.5, 0.6) is 0 Å². The van der Waals surface area contributed by atoms with Gasteiger partial charge in [-0.25, -0.2) is 0 Å². The molecule has 2 heteroatoms. The quantitative estimate of drug-likeness (QED) is 0.521. The van der Waals surface area contributed by atoms with Gasteiger partial charge >= 0.3 is 0 Å². The first-order valence-electron chi connectivity index (χ1n) is 3.64. The zero-order valence-corrected chi connectivity index (χ0v) is 5.89. The lowest BCUT2D eigenvalue weighted by Crippen LogP contribution is -2.58. The molecule has 0 radical (unpaired) electrons. The standard InChI is InChI=1S/C7H13NO/c1-9-8-5-7(6-8)3-2-4-7/h2-6H2,1H3. The first-order chi connectivity index (χ1) is 4.35. The third kappa shape index (κ3) is 0.700. The Balaban J connectivity index is 1.82. The average Bonchev–Trinajstić information content (AvgIpc) is 1.59. The fourth-order valence-corrected chi connectivity index (χ4v) is 1.82. The molecule has 9 heavy (non-hydrogen) atoms. The molecule has 2 aliphatic rings. The lowest BCUT2D eigenvalue weighted by Gasteiger charge is -2.54. The second kappa shape index (κ2) is 1.70. The maximum atomic E-state index is 5.05. The fraction of sp³-hybridized carbons (Fsp3) is 1.00. The highest BCUT2D eigenvalue weighted by molar-refractivity contribution is 4.97. The van der Waals surface area contributed by atoms with Crippen molar-refractivity contribution in [2.24, 2.45) is 5.41 Å². The van der Waals surface area contributed by atoms with Crippen LogP contribution in [-0.2, 0) is 4.84 Å². The molecule has 0 amide bonds. The van der Waals surface area contributed by atoms with Gasteiger partial charge in [0, 0.05) is 18.5 Å². The first kappa shape index (κ1) is 5.69. The van der Waals surface area contributed by atoms with Gasteiger partial charge in [0.15, 0.2) is 0 Å². The van der Waals surface area contributed by atoms with Crippen molar-refractivity contribution in [1.29, 1.82) is 0 Å². The summed E-state index contributed by atoms with van der Waals surface area (Å²) >= 11 is 0. The average molecular weight is 127 g/mol. The Kier molecular flexibility index (Phi) is 1.08. The number of hydrogen-bond donors (Lipinski definition) is 0. The second-order valence-electron chi connectivity index (χ2n) is 3.33. The summed E-state index contributed by atoms with van der Waals surface area (Å²) in [6.07, 6.45) is 4.32. The van der Waals surface area contributed by atoms with Crippen LogP contribution in [0.3, 0.4) is 0 Å². The second-order valence-corrected chi connectivity index (χ2v) is 3.33. The molecule has 0 N–H and O–H groups in total. The maximum Gasteiger partial charge on any atom is 0.0575 e. The Bertz CT molecular complexity index is 112. The summed E-state index contributed by atoms with van der Waals surface area (Å²) in [7, 11) is 1.76. The maximum absolute atomic E-state index is 5.05. The molecular formula is C7H13NO. The predicted molar refractivity (Wildman–Crippen MR) is 34.9 cm³/mol. The molecule has 1 saturated heterocycles. The van der Waals surface area contributed by atoms with Gasteiger partial charge < -0.3 is 4.84 Å². The lowest BCUT2D eigenvalue weighted by molar-refractivity contribution is -0.250. The van der Waals surface area contributed by atoms with E-state index in [0.717, 1.165) is 5.41 Å². The molecule has 1 spiro atoms. The van der Waals surface area contributed by atoms with Crippen molar-refractivity contribution < 1.29 is 4.84 Å². The SMILES string of the molecule is CON1CC2(CCC2)C1. The predicted octanol–water partition coefficient (Wildman–Crippen LogP) is 1.03. The Morgan fingerprint density at radius 3 is 2.33 bits per heavy atom. The molecule has 1 heterocycles. The van der Waals surface area contributed by atoms with Crippen LogP contribution in [0.1, 0.15) is 19.3 Å². The molecule has 2 nitrogen and oxygen atoms in total. The van der Waals surface area contributed by atoms with E-state index in [0.29, 0.717) is 0 Å². The van der Waals surface area contributed by atoms with E-state index in [1.807, 2.05) is 5.06 Å². The van der Waals surface area contributed by atoms with Gasteiger partial charge in [-0.1, -0.05) is 6.42 Å². The molecule has 0 aromatic rings. The van der Waals surface area contributed by atoms with E-state index in [1.54, 1.807) is 7.11 Å². The van der Waals surface area contributed by atoms with Crippen molar-refractivity contribution in [2.45, 2.75) is 19.3 Å². The summed E-state index contributed by atoms with van der Waals surface area (Å²) in [5.74, 6) is 0. The van der Waals surface area contributed by atoms with Gasteiger partial charge in [0.1, 0.15) is 0 Å². The molecule has 1 saturated carbocycles. The summed E-state index contributed by atoms with van der Waals surface area (Å²) in [5, 5.41) is 2.04. The Labute approximate surface area is 55.7 Å². The van der Waals surface area contributed by atoms with E-state index >= 15 is 0 Å². The van der Waals surface area contributed by atoms with Crippen molar-refractivity contribution in [1.82, 2.24) is 5.06 Å². The van der Waals surface area contributed by atoms with E-state index in [9.17, 15) is 0 Å². The zero-order valence-electron chi connectivity index (χ0n) is 5.89. The summed E-state index contributed by atoms with van der Waals surface area (Å²) < 4.78 is 0. The highest BCUT2D eigenvalue weighted by Gasteiger charge is 2.47.